The van der Waals surface area contributed by atoms with Crippen LogP contribution in [0.3, 0.4) is 0 Å². The second-order valence-corrected chi connectivity index (χ2v) is 6.80. The molecular formula is C21H19F3N2O2. The third-order valence-electron chi connectivity index (χ3n) is 4.57. The Labute approximate surface area is 160 Å². The van der Waals surface area contributed by atoms with Gasteiger partial charge < -0.3 is 10.2 Å². The quantitative estimate of drug-likeness (QED) is 0.642. The maximum atomic E-state index is 12.8. The van der Waals surface area contributed by atoms with Crippen molar-refractivity contribution in [3.8, 4) is 22.8 Å². The predicted molar refractivity (Wildman–Crippen MR) is 99.1 cm³/mol. The summed E-state index contributed by atoms with van der Waals surface area (Å²) >= 11 is 0. The molecule has 0 aliphatic carbocycles. The van der Waals surface area contributed by atoms with E-state index in [1.54, 1.807) is 31.2 Å². The van der Waals surface area contributed by atoms with Crippen LogP contribution in [0, 0.1) is 6.92 Å². The summed E-state index contributed by atoms with van der Waals surface area (Å²) in [7, 11) is 0. The summed E-state index contributed by atoms with van der Waals surface area (Å²) in [6.45, 7) is 3.77. The average molecular weight is 388 g/mol. The number of phenols is 2. The van der Waals surface area contributed by atoms with Gasteiger partial charge in [-0.25, -0.2) is 0 Å². The van der Waals surface area contributed by atoms with E-state index >= 15 is 0 Å². The molecule has 0 spiro atoms. The van der Waals surface area contributed by atoms with Crippen LogP contribution >= 0.6 is 0 Å². The second kappa shape index (κ2) is 7.50. The first-order valence-corrected chi connectivity index (χ1v) is 8.68. The van der Waals surface area contributed by atoms with Gasteiger partial charge in [-0.3, -0.25) is 0 Å². The normalized spacial score (nSPS) is 12.8. The van der Waals surface area contributed by atoms with E-state index in [0.29, 0.717) is 29.4 Å². The van der Waals surface area contributed by atoms with Crippen LogP contribution in [0.25, 0.3) is 11.3 Å². The van der Waals surface area contributed by atoms with Crippen LogP contribution < -0.4 is 0 Å². The fourth-order valence-corrected chi connectivity index (χ4v) is 3.08. The van der Waals surface area contributed by atoms with Gasteiger partial charge >= 0.3 is 6.18 Å². The maximum Gasteiger partial charge on any atom is 0.416 e. The van der Waals surface area contributed by atoms with Gasteiger partial charge in [-0.15, -0.1) is 5.10 Å². The molecule has 7 heteroatoms. The Morgan fingerprint density at radius 3 is 2.36 bits per heavy atom. The summed E-state index contributed by atoms with van der Waals surface area (Å²) in [5, 5.41) is 27.9. The van der Waals surface area contributed by atoms with Crippen LogP contribution in [-0.4, -0.2) is 20.4 Å². The molecule has 2 aromatic carbocycles. The van der Waals surface area contributed by atoms with Crippen LogP contribution in [0.4, 0.5) is 13.2 Å². The lowest BCUT2D eigenvalue weighted by atomic mass is 9.95. The van der Waals surface area contributed by atoms with Crippen LogP contribution in [0.15, 0.2) is 48.5 Å². The molecule has 0 radical (unpaired) electrons. The van der Waals surface area contributed by atoms with Crippen LogP contribution in [0.2, 0.25) is 0 Å². The molecule has 1 atom stereocenters. The van der Waals surface area contributed by atoms with Gasteiger partial charge in [0.1, 0.15) is 11.5 Å². The van der Waals surface area contributed by atoms with E-state index in [1.165, 1.54) is 6.07 Å². The van der Waals surface area contributed by atoms with Gasteiger partial charge in [0.05, 0.1) is 17.0 Å². The average Bonchev–Trinajstić information content (AvgIpc) is 2.61. The molecule has 0 aliphatic heterocycles. The molecular weight excluding hydrogens is 369 g/mol. The van der Waals surface area contributed by atoms with Crippen molar-refractivity contribution in [1.82, 2.24) is 10.2 Å². The highest BCUT2D eigenvalue weighted by molar-refractivity contribution is 5.69. The Balaban J connectivity index is 1.85. The smallest absolute Gasteiger partial charge is 0.416 e. The van der Waals surface area contributed by atoms with E-state index in [9.17, 15) is 23.4 Å². The third-order valence-corrected chi connectivity index (χ3v) is 4.57. The molecule has 0 saturated heterocycles. The minimum Gasteiger partial charge on any atom is -0.508 e. The predicted octanol–water partition coefficient (Wildman–Crippen LogP) is 5.23. The van der Waals surface area contributed by atoms with Crippen LogP contribution in [0.1, 0.15) is 35.2 Å². The molecule has 28 heavy (non-hydrogen) atoms. The molecule has 2 N–H and O–H groups in total. The number of nitrogens with zero attached hydrogens (tertiary/aromatic N) is 2. The number of alkyl halides is 3. The molecule has 0 saturated carbocycles. The number of benzene rings is 2. The van der Waals surface area contributed by atoms with Gasteiger partial charge in [0.15, 0.2) is 0 Å². The van der Waals surface area contributed by atoms with Gasteiger partial charge in [-0.05, 0) is 66.8 Å². The zero-order chi connectivity index (χ0) is 20.5. The van der Waals surface area contributed by atoms with Gasteiger partial charge in [0, 0.05) is 5.56 Å². The Bertz CT molecular complexity index is 1000. The molecule has 4 nitrogen and oxygen atoms in total. The monoisotopic (exact) mass is 388 g/mol. The Hall–Kier alpha value is -3.09. The molecule has 0 fully saturated rings. The summed E-state index contributed by atoms with van der Waals surface area (Å²) in [5.41, 5.74) is 1.98. The van der Waals surface area contributed by atoms with E-state index < -0.39 is 17.5 Å². The number of aromatic hydroxyl groups is 2. The van der Waals surface area contributed by atoms with Crippen molar-refractivity contribution < 1.29 is 23.4 Å². The molecule has 1 heterocycles. The number of aromatic nitrogens is 2. The third kappa shape index (κ3) is 4.24. The summed E-state index contributed by atoms with van der Waals surface area (Å²) in [4.78, 5) is 0. The highest BCUT2D eigenvalue weighted by Crippen LogP contribution is 2.36. The zero-order valence-electron chi connectivity index (χ0n) is 15.3. The molecule has 3 rings (SSSR count). The molecule has 0 amide bonds. The summed E-state index contributed by atoms with van der Waals surface area (Å²) < 4.78 is 38.3. The van der Waals surface area contributed by atoms with E-state index in [2.05, 4.69) is 10.2 Å². The zero-order valence-corrected chi connectivity index (χ0v) is 15.3. The lowest BCUT2D eigenvalue weighted by Gasteiger charge is -2.14. The number of rotatable bonds is 4. The number of aryl methyl sites for hydroxylation is 1. The second-order valence-electron chi connectivity index (χ2n) is 6.80. The Morgan fingerprint density at radius 1 is 1.00 bits per heavy atom. The Morgan fingerprint density at radius 2 is 1.75 bits per heavy atom. The first kappa shape index (κ1) is 19.7. The highest BCUT2D eigenvalue weighted by Gasteiger charge is 2.31. The van der Waals surface area contributed by atoms with E-state index in [1.807, 2.05) is 13.0 Å². The lowest BCUT2D eigenvalue weighted by Crippen LogP contribution is -2.05. The SMILES string of the molecule is Cc1cc(CC(C)c2cccc(O)c2)nnc1-c1ccc(C(F)(F)F)cc1O. The number of phenolic OH excluding ortho intramolecular Hbond substituents is 2. The Kier molecular flexibility index (Phi) is 5.27. The van der Waals surface area contributed by atoms with Crippen molar-refractivity contribution in [3.05, 3.63) is 70.9 Å². The summed E-state index contributed by atoms with van der Waals surface area (Å²) in [6.07, 6.45) is -3.95. The molecule has 3 aromatic rings. The van der Waals surface area contributed by atoms with E-state index in [-0.39, 0.29) is 17.2 Å². The van der Waals surface area contributed by atoms with Crippen molar-refractivity contribution in [2.75, 3.05) is 0 Å². The van der Waals surface area contributed by atoms with Crippen molar-refractivity contribution in [2.24, 2.45) is 0 Å². The van der Waals surface area contributed by atoms with Gasteiger partial charge in [0.25, 0.3) is 0 Å². The lowest BCUT2D eigenvalue weighted by molar-refractivity contribution is -0.137. The van der Waals surface area contributed by atoms with Crippen molar-refractivity contribution >= 4 is 0 Å². The largest absolute Gasteiger partial charge is 0.508 e. The van der Waals surface area contributed by atoms with Crippen molar-refractivity contribution in [3.63, 3.8) is 0 Å². The van der Waals surface area contributed by atoms with Crippen molar-refractivity contribution in [2.45, 2.75) is 32.4 Å². The topological polar surface area (TPSA) is 66.2 Å². The number of hydrogen-bond donors (Lipinski definition) is 2. The first-order chi connectivity index (χ1) is 13.1. The fraction of sp³-hybridized carbons (Fsp3) is 0.238. The molecule has 0 bridgehead atoms. The number of hydrogen-bond acceptors (Lipinski definition) is 4. The molecule has 146 valence electrons. The fourth-order valence-electron chi connectivity index (χ4n) is 3.08. The molecule has 1 aromatic heterocycles. The molecule has 0 aliphatic rings. The summed E-state index contributed by atoms with van der Waals surface area (Å²) in [5.74, 6) is -0.209. The van der Waals surface area contributed by atoms with Crippen LogP contribution in [-0.2, 0) is 12.6 Å². The highest BCUT2D eigenvalue weighted by atomic mass is 19.4. The van der Waals surface area contributed by atoms with Crippen molar-refractivity contribution in [1.29, 1.82) is 0 Å². The number of halogens is 3. The van der Waals surface area contributed by atoms with Gasteiger partial charge in [-0.1, -0.05) is 19.1 Å². The van der Waals surface area contributed by atoms with E-state index in [4.69, 9.17) is 0 Å². The van der Waals surface area contributed by atoms with Crippen LogP contribution in [0.5, 0.6) is 11.5 Å². The van der Waals surface area contributed by atoms with E-state index in [0.717, 1.165) is 11.6 Å². The summed E-state index contributed by atoms with van der Waals surface area (Å²) in [6, 6.07) is 11.6. The standard InChI is InChI=1S/C21H19F3N2O2/c1-12(14-4-3-5-17(27)10-14)8-16-9-13(2)20(26-25-16)18-7-6-15(11-19(18)28)21(22,23)24/h3-7,9-12,27-28H,8H2,1-2H3. The minimum atomic E-state index is -4.53. The van der Waals surface area contributed by atoms with Gasteiger partial charge in [-0.2, -0.15) is 18.3 Å². The first-order valence-electron chi connectivity index (χ1n) is 8.68. The molecule has 1 unspecified atom stereocenters. The van der Waals surface area contributed by atoms with Gasteiger partial charge in [0.2, 0.25) is 0 Å². The maximum absolute atomic E-state index is 12.8. The minimum absolute atomic E-state index is 0.0890.